The standard InChI is InChI=1S/C16H17F4N3O3S/c17-10-5-12(23-3-4-26-8-11(23)7-16(18,19)20)14-13(6-10)27(24,25)22-15(21-14)9-1-2-9/h5-6,9,11H,1-4,7-8H2,(H,21,22). The van der Waals surface area contributed by atoms with Gasteiger partial charge in [-0.15, -0.1) is 4.40 Å². The number of sulfonamides is 1. The highest BCUT2D eigenvalue weighted by atomic mass is 32.2. The number of fused-ring (bicyclic) bond motifs is 1. The van der Waals surface area contributed by atoms with E-state index in [0.29, 0.717) is 0 Å². The Kier molecular flexibility index (Phi) is 4.34. The molecule has 0 aromatic heterocycles. The van der Waals surface area contributed by atoms with E-state index in [4.69, 9.17) is 4.74 Å². The Labute approximate surface area is 153 Å². The second kappa shape index (κ2) is 6.33. The molecule has 0 amide bonds. The molecule has 0 spiro atoms. The minimum absolute atomic E-state index is 0.0264. The van der Waals surface area contributed by atoms with E-state index < -0.39 is 34.5 Å². The normalized spacial score (nSPS) is 24.8. The maximum Gasteiger partial charge on any atom is 0.391 e. The van der Waals surface area contributed by atoms with Crippen molar-refractivity contribution < 1.29 is 30.7 Å². The summed E-state index contributed by atoms with van der Waals surface area (Å²) in [6, 6.07) is 0.830. The molecule has 1 unspecified atom stereocenters. The SMILES string of the molecule is O=S1(=O)N=C(C2CC2)Nc2c(N3CCOCC3CC(F)(F)F)cc(F)cc21. The maximum atomic E-state index is 14.2. The van der Waals surface area contributed by atoms with Gasteiger partial charge in [-0.25, -0.2) is 4.39 Å². The monoisotopic (exact) mass is 407 g/mol. The van der Waals surface area contributed by atoms with Crippen molar-refractivity contribution in [2.45, 2.75) is 36.4 Å². The summed E-state index contributed by atoms with van der Waals surface area (Å²) in [6.07, 6.45) is -4.02. The molecule has 1 N–H and O–H groups in total. The zero-order chi connectivity index (χ0) is 19.4. The maximum absolute atomic E-state index is 14.2. The molecule has 0 radical (unpaired) electrons. The third-order valence-corrected chi connectivity index (χ3v) is 6.08. The summed E-state index contributed by atoms with van der Waals surface area (Å²) in [7, 11) is -4.13. The van der Waals surface area contributed by atoms with E-state index >= 15 is 0 Å². The van der Waals surface area contributed by atoms with Gasteiger partial charge in [0.1, 0.15) is 16.5 Å². The van der Waals surface area contributed by atoms with Crippen LogP contribution >= 0.6 is 0 Å². The smallest absolute Gasteiger partial charge is 0.377 e. The summed E-state index contributed by atoms with van der Waals surface area (Å²) < 4.78 is 86.9. The quantitative estimate of drug-likeness (QED) is 0.781. The summed E-state index contributed by atoms with van der Waals surface area (Å²) in [5.41, 5.74) is 0.168. The lowest BCUT2D eigenvalue weighted by Gasteiger charge is -2.39. The largest absolute Gasteiger partial charge is 0.391 e. The van der Waals surface area contributed by atoms with Crippen molar-refractivity contribution in [3.8, 4) is 0 Å². The number of amidine groups is 1. The fourth-order valence-corrected chi connectivity index (χ4v) is 4.62. The van der Waals surface area contributed by atoms with Gasteiger partial charge in [-0.2, -0.15) is 21.6 Å². The van der Waals surface area contributed by atoms with Crippen molar-refractivity contribution in [3.05, 3.63) is 17.9 Å². The Balaban J connectivity index is 1.79. The molecule has 11 heteroatoms. The van der Waals surface area contributed by atoms with E-state index in [-0.39, 0.29) is 47.8 Å². The first-order valence-corrected chi connectivity index (χ1v) is 9.94. The van der Waals surface area contributed by atoms with Crippen molar-refractivity contribution in [1.29, 1.82) is 0 Å². The van der Waals surface area contributed by atoms with E-state index in [2.05, 4.69) is 9.71 Å². The predicted molar refractivity (Wildman–Crippen MR) is 90.0 cm³/mol. The van der Waals surface area contributed by atoms with Gasteiger partial charge in [0.2, 0.25) is 0 Å². The molecule has 6 nitrogen and oxygen atoms in total. The highest BCUT2D eigenvalue weighted by Gasteiger charge is 2.40. The van der Waals surface area contributed by atoms with Gasteiger partial charge in [0.05, 0.1) is 37.1 Å². The van der Waals surface area contributed by atoms with E-state index in [1.54, 1.807) is 0 Å². The molecule has 2 fully saturated rings. The topological polar surface area (TPSA) is 71.0 Å². The van der Waals surface area contributed by atoms with E-state index in [0.717, 1.165) is 25.0 Å². The van der Waals surface area contributed by atoms with Crippen LogP contribution in [0.1, 0.15) is 19.3 Å². The Morgan fingerprint density at radius 1 is 1.30 bits per heavy atom. The number of anilines is 2. The van der Waals surface area contributed by atoms with Gasteiger partial charge in [-0.3, -0.25) is 0 Å². The van der Waals surface area contributed by atoms with Crippen LogP contribution in [0.4, 0.5) is 28.9 Å². The summed E-state index contributed by atoms with van der Waals surface area (Å²) in [5, 5.41) is 2.93. The molecule has 4 rings (SSSR count). The number of hydrogen-bond donors (Lipinski definition) is 1. The van der Waals surface area contributed by atoms with Gasteiger partial charge in [0.25, 0.3) is 10.0 Å². The fourth-order valence-electron chi connectivity index (χ4n) is 3.39. The first kappa shape index (κ1) is 18.5. The van der Waals surface area contributed by atoms with Crippen LogP contribution in [0.15, 0.2) is 21.4 Å². The Morgan fingerprint density at radius 3 is 2.70 bits per heavy atom. The molecule has 1 aromatic carbocycles. The van der Waals surface area contributed by atoms with Crippen molar-refractivity contribution in [3.63, 3.8) is 0 Å². The van der Waals surface area contributed by atoms with Gasteiger partial charge in [0, 0.05) is 12.5 Å². The zero-order valence-corrected chi connectivity index (χ0v) is 14.9. The molecular weight excluding hydrogens is 390 g/mol. The molecule has 27 heavy (non-hydrogen) atoms. The minimum atomic E-state index is -4.43. The Bertz CT molecular complexity index is 897. The number of alkyl halides is 3. The van der Waals surface area contributed by atoms with E-state index in [1.807, 2.05) is 0 Å². The average molecular weight is 407 g/mol. The van der Waals surface area contributed by atoms with Crippen LogP contribution in [-0.2, 0) is 14.8 Å². The second-order valence-corrected chi connectivity index (χ2v) is 8.46. The molecule has 1 aliphatic carbocycles. The zero-order valence-electron chi connectivity index (χ0n) is 14.1. The highest BCUT2D eigenvalue weighted by Crippen LogP contribution is 2.42. The number of nitrogens with zero attached hydrogens (tertiary/aromatic N) is 2. The molecular formula is C16H17F4N3O3S. The van der Waals surface area contributed by atoms with Crippen LogP contribution in [0.2, 0.25) is 0 Å². The van der Waals surface area contributed by atoms with Gasteiger partial charge < -0.3 is 15.0 Å². The predicted octanol–water partition coefficient (Wildman–Crippen LogP) is 2.91. The van der Waals surface area contributed by atoms with Crippen LogP contribution in [0, 0.1) is 11.7 Å². The lowest BCUT2D eigenvalue weighted by atomic mass is 10.1. The number of ether oxygens (including phenoxy) is 1. The van der Waals surface area contributed by atoms with Crippen LogP contribution in [0.3, 0.4) is 0 Å². The first-order valence-electron chi connectivity index (χ1n) is 8.50. The summed E-state index contributed by atoms with van der Waals surface area (Å²) >= 11 is 0. The first-order chi connectivity index (χ1) is 12.6. The molecule has 2 aliphatic heterocycles. The fraction of sp³-hybridized carbons (Fsp3) is 0.562. The van der Waals surface area contributed by atoms with Crippen molar-refractivity contribution in [2.24, 2.45) is 10.3 Å². The van der Waals surface area contributed by atoms with Gasteiger partial charge >= 0.3 is 6.18 Å². The molecule has 0 bridgehead atoms. The number of morpholine rings is 1. The lowest BCUT2D eigenvalue weighted by Crippen LogP contribution is -2.48. The third-order valence-electron chi connectivity index (χ3n) is 4.76. The molecule has 1 saturated heterocycles. The van der Waals surface area contributed by atoms with Gasteiger partial charge in [-0.1, -0.05) is 0 Å². The molecule has 148 valence electrons. The van der Waals surface area contributed by atoms with E-state index in [1.165, 1.54) is 4.90 Å². The molecule has 3 aliphatic rings. The Hall–Kier alpha value is -1.88. The van der Waals surface area contributed by atoms with Crippen molar-refractivity contribution in [1.82, 2.24) is 0 Å². The number of hydrogen-bond acceptors (Lipinski definition) is 5. The van der Waals surface area contributed by atoms with Crippen molar-refractivity contribution >= 4 is 27.2 Å². The molecule has 1 saturated carbocycles. The van der Waals surface area contributed by atoms with Crippen LogP contribution < -0.4 is 10.2 Å². The second-order valence-electron chi connectivity index (χ2n) is 6.89. The van der Waals surface area contributed by atoms with Crippen LogP contribution in [0.5, 0.6) is 0 Å². The summed E-state index contributed by atoms with van der Waals surface area (Å²) in [6.45, 7) is 0.0748. The Morgan fingerprint density at radius 2 is 2.04 bits per heavy atom. The molecule has 2 heterocycles. The lowest BCUT2D eigenvalue weighted by molar-refractivity contribution is -0.143. The summed E-state index contributed by atoms with van der Waals surface area (Å²) in [4.78, 5) is 1.01. The van der Waals surface area contributed by atoms with Crippen LogP contribution in [-0.4, -0.2) is 46.2 Å². The third kappa shape index (κ3) is 3.75. The number of halogens is 4. The minimum Gasteiger partial charge on any atom is -0.377 e. The van der Waals surface area contributed by atoms with Crippen molar-refractivity contribution in [2.75, 3.05) is 30.0 Å². The highest BCUT2D eigenvalue weighted by molar-refractivity contribution is 7.90. The summed E-state index contributed by atoms with van der Waals surface area (Å²) in [5.74, 6) is -0.617. The van der Waals surface area contributed by atoms with Gasteiger partial charge in [0.15, 0.2) is 0 Å². The van der Waals surface area contributed by atoms with Crippen LogP contribution in [0.25, 0.3) is 0 Å². The number of benzene rings is 1. The number of nitrogens with one attached hydrogen (secondary N) is 1. The molecule has 1 aromatic rings. The van der Waals surface area contributed by atoms with E-state index in [9.17, 15) is 26.0 Å². The average Bonchev–Trinajstić information content (AvgIpc) is 3.38. The van der Waals surface area contributed by atoms with Gasteiger partial charge in [-0.05, 0) is 25.0 Å². The number of rotatable bonds is 3. The molecule has 1 atom stereocenters.